The molecule has 0 saturated carbocycles. The molecule has 0 atom stereocenters. The van der Waals surface area contributed by atoms with E-state index in [4.69, 9.17) is 34.8 Å². The maximum Gasteiger partial charge on any atom is 0.416 e. The van der Waals surface area contributed by atoms with Gasteiger partial charge in [0.1, 0.15) is 0 Å². The van der Waals surface area contributed by atoms with Crippen molar-refractivity contribution < 1.29 is 13.2 Å². The summed E-state index contributed by atoms with van der Waals surface area (Å²) in [6, 6.07) is 7.99. The van der Waals surface area contributed by atoms with Gasteiger partial charge < -0.3 is 0 Å². The fraction of sp³-hybridized carbons (Fsp3) is 0.0769. The number of rotatable bonds is 1. The van der Waals surface area contributed by atoms with Crippen LogP contribution in [-0.4, -0.2) is 0 Å². The summed E-state index contributed by atoms with van der Waals surface area (Å²) >= 11 is 17.8. The van der Waals surface area contributed by atoms with Crippen LogP contribution in [0.2, 0.25) is 15.1 Å². The Morgan fingerprint density at radius 3 is 2.05 bits per heavy atom. The van der Waals surface area contributed by atoms with E-state index in [1.807, 2.05) is 0 Å². The molecule has 0 spiro atoms. The second-order valence-electron chi connectivity index (χ2n) is 3.79. The molecule has 2 aromatic rings. The van der Waals surface area contributed by atoms with Gasteiger partial charge in [-0.3, -0.25) is 0 Å². The Hall–Kier alpha value is -0.900. The van der Waals surface area contributed by atoms with Gasteiger partial charge in [-0.05, 0) is 18.2 Å². The van der Waals surface area contributed by atoms with Crippen molar-refractivity contribution in [2.45, 2.75) is 6.18 Å². The van der Waals surface area contributed by atoms with Crippen molar-refractivity contribution in [1.82, 2.24) is 0 Å². The molecule has 100 valence electrons. The van der Waals surface area contributed by atoms with E-state index >= 15 is 0 Å². The van der Waals surface area contributed by atoms with E-state index in [2.05, 4.69) is 0 Å². The van der Waals surface area contributed by atoms with Crippen molar-refractivity contribution in [3.05, 3.63) is 57.0 Å². The van der Waals surface area contributed by atoms with Crippen LogP contribution in [0, 0.1) is 0 Å². The van der Waals surface area contributed by atoms with Crippen molar-refractivity contribution >= 4 is 34.8 Å². The second-order valence-corrected chi connectivity index (χ2v) is 4.99. The number of halogens is 6. The van der Waals surface area contributed by atoms with Crippen LogP contribution in [-0.2, 0) is 6.18 Å². The predicted octanol–water partition coefficient (Wildman–Crippen LogP) is 6.33. The highest BCUT2D eigenvalue weighted by atomic mass is 35.5. The summed E-state index contributed by atoms with van der Waals surface area (Å²) in [4.78, 5) is 0. The topological polar surface area (TPSA) is 0 Å². The second kappa shape index (κ2) is 5.23. The third kappa shape index (κ3) is 2.99. The molecule has 0 aliphatic heterocycles. The van der Waals surface area contributed by atoms with Crippen LogP contribution < -0.4 is 0 Å². The van der Waals surface area contributed by atoms with Crippen molar-refractivity contribution in [1.29, 1.82) is 0 Å². The molecule has 0 N–H and O–H groups in total. The molecular weight excluding hydrogens is 319 g/mol. The van der Waals surface area contributed by atoms with Gasteiger partial charge in [0, 0.05) is 16.1 Å². The number of hydrogen-bond acceptors (Lipinski definition) is 0. The Labute approximate surface area is 122 Å². The van der Waals surface area contributed by atoms with Gasteiger partial charge in [0.05, 0.1) is 15.6 Å². The molecular formula is C13H6Cl3F3. The fourth-order valence-corrected chi connectivity index (χ4v) is 2.31. The van der Waals surface area contributed by atoms with Crippen molar-refractivity contribution in [3.63, 3.8) is 0 Å². The molecule has 0 amide bonds. The largest absolute Gasteiger partial charge is 0.416 e. The van der Waals surface area contributed by atoms with E-state index in [0.717, 1.165) is 12.1 Å². The van der Waals surface area contributed by atoms with Crippen LogP contribution in [0.25, 0.3) is 11.1 Å². The van der Waals surface area contributed by atoms with Crippen molar-refractivity contribution in [2.24, 2.45) is 0 Å². The molecule has 0 saturated heterocycles. The monoisotopic (exact) mass is 324 g/mol. The molecule has 0 fully saturated rings. The quantitative estimate of drug-likeness (QED) is 0.574. The molecule has 0 aliphatic rings. The minimum Gasteiger partial charge on any atom is -0.166 e. The average molecular weight is 326 g/mol. The van der Waals surface area contributed by atoms with E-state index in [1.165, 1.54) is 6.07 Å². The van der Waals surface area contributed by atoms with Gasteiger partial charge in [0.15, 0.2) is 0 Å². The van der Waals surface area contributed by atoms with Gasteiger partial charge in [0.2, 0.25) is 0 Å². The Morgan fingerprint density at radius 2 is 1.47 bits per heavy atom. The first-order chi connectivity index (χ1) is 8.80. The molecule has 6 heteroatoms. The van der Waals surface area contributed by atoms with E-state index in [-0.39, 0.29) is 10.0 Å². The molecule has 2 rings (SSSR count). The highest BCUT2D eigenvalue weighted by Gasteiger charge is 2.31. The Bertz CT molecular complexity index is 621. The van der Waals surface area contributed by atoms with E-state index in [0.29, 0.717) is 16.1 Å². The zero-order chi connectivity index (χ0) is 14.2. The average Bonchev–Trinajstić information content (AvgIpc) is 2.32. The van der Waals surface area contributed by atoms with Gasteiger partial charge in [0.25, 0.3) is 0 Å². The standard InChI is InChI=1S/C13H6Cl3F3/c14-10-3-1-2-9(12(10)16)8-5-4-7(6-11(8)15)13(17,18)19/h1-6H. The van der Waals surface area contributed by atoms with Crippen LogP contribution in [0.15, 0.2) is 36.4 Å². The zero-order valence-electron chi connectivity index (χ0n) is 9.23. The first kappa shape index (κ1) is 14.5. The minimum absolute atomic E-state index is 0.0287. The number of alkyl halides is 3. The summed E-state index contributed by atoms with van der Waals surface area (Å²) in [6.07, 6.45) is -4.43. The highest BCUT2D eigenvalue weighted by Crippen LogP contribution is 2.39. The van der Waals surface area contributed by atoms with Gasteiger partial charge in [-0.1, -0.05) is 53.0 Å². The minimum atomic E-state index is -4.43. The molecule has 19 heavy (non-hydrogen) atoms. The number of hydrogen-bond donors (Lipinski definition) is 0. The normalized spacial score (nSPS) is 11.7. The molecule has 0 aliphatic carbocycles. The third-order valence-electron chi connectivity index (χ3n) is 2.54. The van der Waals surface area contributed by atoms with Gasteiger partial charge in [-0.25, -0.2) is 0 Å². The molecule has 0 bridgehead atoms. The lowest BCUT2D eigenvalue weighted by Crippen LogP contribution is -2.04. The van der Waals surface area contributed by atoms with Gasteiger partial charge in [-0.2, -0.15) is 13.2 Å². The summed E-state index contributed by atoms with van der Waals surface area (Å²) in [6.45, 7) is 0. The molecule has 0 heterocycles. The van der Waals surface area contributed by atoms with E-state index in [1.54, 1.807) is 18.2 Å². The van der Waals surface area contributed by atoms with Crippen LogP contribution in [0.5, 0.6) is 0 Å². The van der Waals surface area contributed by atoms with Crippen molar-refractivity contribution in [3.8, 4) is 11.1 Å². The lowest BCUT2D eigenvalue weighted by molar-refractivity contribution is -0.137. The van der Waals surface area contributed by atoms with E-state index in [9.17, 15) is 13.2 Å². The molecule has 0 nitrogen and oxygen atoms in total. The maximum absolute atomic E-state index is 12.5. The number of benzene rings is 2. The molecule has 0 unspecified atom stereocenters. The molecule has 2 aromatic carbocycles. The Kier molecular flexibility index (Phi) is 4.00. The summed E-state index contributed by atoms with van der Waals surface area (Å²) in [5, 5.41) is 0.542. The first-order valence-electron chi connectivity index (χ1n) is 5.12. The van der Waals surface area contributed by atoms with Gasteiger partial charge in [-0.15, -0.1) is 0 Å². The zero-order valence-corrected chi connectivity index (χ0v) is 11.5. The van der Waals surface area contributed by atoms with Crippen molar-refractivity contribution in [2.75, 3.05) is 0 Å². The summed E-state index contributed by atoms with van der Waals surface area (Å²) in [7, 11) is 0. The van der Waals surface area contributed by atoms with Crippen LogP contribution >= 0.6 is 34.8 Å². The SMILES string of the molecule is FC(F)(F)c1ccc(-c2cccc(Cl)c2Cl)c(Cl)c1. The fourth-order valence-electron chi connectivity index (χ4n) is 1.62. The highest BCUT2D eigenvalue weighted by molar-refractivity contribution is 6.44. The summed E-state index contributed by atoms with van der Waals surface area (Å²) in [5.41, 5.74) is 0.0921. The summed E-state index contributed by atoms with van der Waals surface area (Å²) < 4.78 is 37.6. The van der Waals surface area contributed by atoms with Gasteiger partial charge >= 0.3 is 6.18 Å². The lowest BCUT2D eigenvalue weighted by Gasteiger charge is -2.11. The molecule has 0 aromatic heterocycles. The maximum atomic E-state index is 12.5. The summed E-state index contributed by atoms with van der Waals surface area (Å²) in [5.74, 6) is 0. The third-order valence-corrected chi connectivity index (χ3v) is 3.67. The van der Waals surface area contributed by atoms with Crippen LogP contribution in [0.4, 0.5) is 13.2 Å². The molecule has 0 radical (unpaired) electrons. The Balaban J connectivity index is 2.56. The lowest BCUT2D eigenvalue weighted by atomic mass is 10.0. The smallest absolute Gasteiger partial charge is 0.166 e. The van der Waals surface area contributed by atoms with Crippen LogP contribution in [0.3, 0.4) is 0 Å². The Morgan fingerprint density at radius 1 is 0.789 bits per heavy atom. The predicted molar refractivity (Wildman–Crippen MR) is 71.9 cm³/mol. The van der Waals surface area contributed by atoms with Crippen LogP contribution in [0.1, 0.15) is 5.56 Å². The first-order valence-corrected chi connectivity index (χ1v) is 6.25. The van der Waals surface area contributed by atoms with E-state index < -0.39 is 11.7 Å².